The Bertz CT molecular complexity index is 399. The van der Waals surface area contributed by atoms with Crippen LogP contribution < -0.4 is 5.32 Å². The molecule has 1 aliphatic rings. The summed E-state index contributed by atoms with van der Waals surface area (Å²) in [6.07, 6.45) is 2.95. The van der Waals surface area contributed by atoms with Crippen LogP contribution in [0, 0.1) is 5.82 Å². The first-order valence-electron chi connectivity index (χ1n) is 7.02. The highest BCUT2D eigenvalue weighted by Gasteiger charge is 2.19. The van der Waals surface area contributed by atoms with E-state index in [-0.39, 0.29) is 5.82 Å². The predicted molar refractivity (Wildman–Crippen MR) is 74.5 cm³/mol. The van der Waals surface area contributed by atoms with Crippen LogP contribution >= 0.6 is 0 Å². The number of halogens is 1. The second kappa shape index (κ2) is 6.98. The van der Waals surface area contributed by atoms with Gasteiger partial charge in [0.2, 0.25) is 0 Å². The zero-order valence-electron chi connectivity index (χ0n) is 11.5. The van der Waals surface area contributed by atoms with Crippen LogP contribution in [0.15, 0.2) is 24.3 Å². The van der Waals surface area contributed by atoms with Gasteiger partial charge in [-0.3, -0.25) is 0 Å². The van der Waals surface area contributed by atoms with Crippen LogP contribution in [0.1, 0.15) is 30.9 Å². The van der Waals surface area contributed by atoms with Crippen molar-refractivity contribution in [1.82, 2.24) is 10.2 Å². The summed E-state index contributed by atoms with van der Waals surface area (Å²) in [5.74, 6) is -0.341. The maximum Gasteiger partial charge on any atom is 0.129 e. The number of rotatable bonds is 5. The molecular weight excluding hydrogens is 243 g/mol. The van der Waals surface area contributed by atoms with Crippen LogP contribution in [0.5, 0.6) is 0 Å². The van der Waals surface area contributed by atoms with E-state index in [1.807, 2.05) is 0 Å². The van der Waals surface area contributed by atoms with Gasteiger partial charge in [-0.05, 0) is 32.5 Å². The Morgan fingerprint density at radius 2 is 2.21 bits per heavy atom. The Labute approximate surface area is 114 Å². The van der Waals surface area contributed by atoms with Crippen LogP contribution in [0.25, 0.3) is 0 Å². The molecule has 1 heterocycles. The molecule has 0 amide bonds. The first-order chi connectivity index (χ1) is 9.18. The van der Waals surface area contributed by atoms with E-state index in [1.54, 1.807) is 18.2 Å². The van der Waals surface area contributed by atoms with E-state index >= 15 is 0 Å². The smallest absolute Gasteiger partial charge is 0.129 e. The lowest BCUT2D eigenvalue weighted by molar-refractivity contribution is 0.151. The monoisotopic (exact) mass is 266 g/mol. The molecule has 2 unspecified atom stereocenters. The maximum atomic E-state index is 13.5. The van der Waals surface area contributed by atoms with Crippen LogP contribution in [0.2, 0.25) is 0 Å². The highest BCUT2D eigenvalue weighted by molar-refractivity contribution is 5.19. The summed E-state index contributed by atoms with van der Waals surface area (Å²) < 4.78 is 13.5. The second-order valence-corrected chi connectivity index (χ2v) is 5.33. The van der Waals surface area contributed by atoms with Gasteiger partial charge >= 0.3 is 0 Å². The molecule has 0 saturated carbocycles. The van der Waals surface area contributed by atoms with Gasteiger partial charge in [-0.2, -0.15) is 0 Å². The van der Waals surface area contributed by atoms with Gasteiger partial charge in [0.25, 0.3) is 0 Å². The second-order valence-electron chi connectivity index (χ2n) is 5.33. The Morgan fingerprint density at radius 3 is 2.95 bits per heavy atom. The molecule has 2 rings (SSSR count). The molecule has 0 radical (unpaired) electrons. The van der Waals surface area contributed by atoms with Gasteiger partial charge in [-0.1, -0.05) is 24.6 Å². The molecular formula is C15H23FN2O. The van der Waals surface area contributed by atoms with Gasteiger partial charge < -0.3 is 15.3 Å². The largest absolute Gasteiger partial charge is 0.387 e. The first kappa shape index (κ1) is 14.4. The third-order valence-corrected chi connectivity index (χ3v) is 3.90. The number of hydrogen-bond acceptors (Lipinski definition) is 3. The van der Waals surface area contributed by atoms with Crippen LogP contribution in [0.3, 0.4) is 0 Å². The van der Waals surface area contributed by atoms with Crippen LogP contribution in [-0.2, 0) is 0 Å². The third-order valence-electron chi connectivity index (χ3n) is 3.90. The van der Waals surface area contributed by atoms with Crippen LogP contribution in [-0.4, -0.2) is 42.7 Å². The van der Waals surface area contributed by atoms with Crippen molar-refractivity contribution in [1.29, 1.82) is 0 Å². The molecule has 0 aliphatic carbocycles. The van der Waals surface area contributed by atoms with E-state index in [0.29, 0.717) is 18.2 Å². The van der Waals surface area contributed by atoms with Crippen LogP contribution in [0.4, 0.5) is 4.39 Å². The number of piperidine rings is 1. The molecule has 3 nitrogen and oxygen atoms in total. The number of aliphatic hydroxyl groups excluding tert-OH is 1. The molecule has 1 aliphatic heterocycles. The minimum Gasteiger partial charge on any atom is -0.387 e. The fraction of sp³-hybridized carbons (Fsp3) is 0.600. The molecule has 0 aromatic heterocycles. The summed E-state index contributed by atoms with van der Waals surface area (Å²) in [6.45, 7) is 2.38. The molecule has 1 fully saturated rings. The zero-order chi connectivity index (χ0) is 13.7. The summed E-state index contributed by atoms with van der Waals surface area (Å²) in [6, 6.07) is 6.93. The lowest BCUT2D eigenvalue weighted by Crippen LogP contribution is -2.43. The van der Waals surface area contributed by atoms with E-state index < -0.39 is 6.10 Å². The number of likely N-dealkylation sites (N-methyl/N-ethyl adjacent to an activating group) is 1. The molecule has 0 bridgehead atoms. The van der Waals surface area contributed by atoms with E-state index in [4.69, 9.17) is 0 Å². The fourth-order valence-corrected chi connectivity index (χ4v) is 2.64. The molecule has 4 heteroatoms. The lowest BCUT2D eigenvalue weighted by Gasteiger charge is -2.32. The Kier molecular flexibility index (Phi) is 5.31. The van der Waals surface area contributed by atoms with Gasteiger partial charge in [0.15, 0.2) is 0 Å². The van der Waals surface area contributed by atoms with Crippen molar-refractivity contribution in [3.05, 3.63) is 35.6 Å². The van der Waals surface area contributed by atoms with Gasteiger partial charge in [0, 0.05) is 24.7 Å². The lowest BCUT2D eigenvalue weighted by atomic mass is 10.0. The summed E-state index contributed by atoms with van der Waals surface area (Å²) in [7, 11) is 2.14. The number of likely N-dealkylation sites (tertiary alicyclic amines) is 1. The molecule has 2 atom stereocenters. The molecule has 1 saturated heterocycles. The van der Waals surface area contributed by atoms with Gasteiger partial charge in [0.1, 0.15) is 5.82 Å². The van der Waals surface area contributed by atoms with E-state index in [9.17, 15) is 9.50 Å². The first-order valence-corrected chi connectivity index (χ1v) is 7.02. The van der Waals surface area contributed by atoms with Crippen molar-refractivity contribution < 1.29 is 9.50 Å². The normalized spacial score (nSPS) is 22.4. The molecule has 1 aromatic rings. The number of aliphatic hydroxyl groups is 1. The summed E-state index contributed by atoms with van der Waals surface area (Å²) in [5, 5.41) is 13.2. The van der Waals surface area contributed by atoms with Crippen molar-refractivity contribution in [3.63, 3.8) is 0 Å². The predicted octanol–water partition coefficient (Wildman–Crippen LogP) is 1.93. The molecule has 1 aromatic carbocycles. The number of benzene rings is 1. The maximum absolute atomic E-state index is 13.5. The van der Waals surface area contributed by atoms with E-state index in [2.05, 4.69) is 17.3 Å². The Balaban J connectivity index is 1.77. The van der Waals surface area contributed by atoms with Gasteiger partial charge in [0.05, 0.1) is 6.10 Å². The van der Waals surface area contributed by atoms with Crippen molar-refractivity contribution in [2.75, 3.05) is 26.7 Å². The number of nitrogens with zero attached hydrogens (tertiary/aromatic N) is 1. The van der Waals surface area contributed by atoms with Gasteiger partial charge in [-0.15, -0.1) is 0 Å². The number of hydrogen-bond donors (Lipinski definition) is 2. The Morgan fingerprint density at radius 1 is 1.42 bits per heavy atom. The van der Waals surface area contributed by atoms with E-state index in [1.165, 1.54) is 25.3 Å². The molecule has 2 N–H and O–H groups in total. The highest BCUT2D eigenvalue weighted by Crippen LogP contribution is 2.17. The summed E-state index contributed by atoms with van der Waals surface area (Å²) in [5.41, 5.74) is 0.368. The SMILES string of the molecule is CN1CCCCC1CNCC(O)c1ccccc1F. The summed E-state index contributed by atoms with van der Waals surface area (Å²) in [4.78, 5) is 2.35. The molecule has 106 valence electrons. The molecule has 19 heavy (non-hydrogen) atoms. The van der Waals surface area contributed by atoms with Crippen molar-refractivity contribution in [2.24, 2.45) is 0 Å². The van der Waals surface area contributed by atoms with Crippen molar-refractivity contribution >= 4 is 0 Å². The van der Waals surface area contributed by atoms with E-state index in [0.717, 1.165) is 13.1 Å². The Hall–Kier alpha value is -0.970. The average molecular weight is 266 g/mol. The van der Waals surface area contributed by atoms with Gasteiger partial charge in [-0.25, -0.2) is 4.39 Å². The zero-order valence-corrected chi connectivity index (χ0v) is 11.5. The minimum absolute atomic E-state index is 0.341. The highest BCUT2D eigenvalue weighted by atomic mass is 19.1. The molecule has 0 spiro atoms. The number of nitrogens with one attached hydrogen (secondary N) is 1. The standard InChI is InChI=1S/C15H23FN2O/c1-18-9-5-4-6-12(18)10-17-11-15(19)13-7-2-3-8-14(13)16/h2-3,7-8,12,15,17,19H,4-6,9-11H2,1H3. The summed E-state index contributed by atoms with van der Waals surface area (Å²) >= 11 is 0. The van der Waals surface area contributed by atoms with Crippen molar-refractivity contribution in [2.45, 2.75) is 31.4 Å². The van der Waals surface area contributed by atoms with Crippen molar-refractivity contribution in [3.8, 4) is 0 Å². The minimum atomic E-state index is -0.782. The topological polar surface area (TPSA) is 35.5 Å². The average Bonchev–Trinajstić information content (AvgIpc) is 2.41. The fourth-order valence-electron chi connectivity index (χ4n) is 2.64. The quantitative estimate of drug-likeness (QED) is 0.855. The third kappa shape index (κ3) is 4.00.